The lowest BCUT2D eigenvalue weighted by atomic mass is 10.2. The Morgan fingerprint density at radius 1 is 1.82 bits per heavy atom. The third-order valence-electron chi connectivity index (χ3n) is 1.79. The molecule has 2 atom stereocenters. The average Bonchev–Trinajstić information content (AvgIpc) is 2.39. The zero-order valence-electron chi connectivity index (χ0n) is 6.54. The van der Waals surface area contributed by atoms with E-state index in [-0.39, 0.29) is 6.04 Å². The number of ether oxygens (including phenoxy) is 1. The zero-order chi connectivity index (χ0) is 8.27. The smallest absolute Gasteiger partial charge is 0.320 e. The third-order valence-corrected chi connectivity index (χ3v) is 1.79. The Morgan fingerprint density at radius 2 is 2.55 bits per heavy atom. The van der Waals surface area contributed by atoms with Crippen LogP contribution in [-0.4, -0.2) is 36.4 Å². The summed E-state index contributed by atoms with van der Waals surface area (Å²) in [6, 6.07) is -0.247. The topological polar surface area (TPSA) is 58.6 Å². The molecule has 64 valence electrons. The second-order valence-corrected chi connectivity index (χ2v) is 2.79. The van der Waals surface area contributed by atoms with E-state index in [1.807, 2.05) is 0 Å². The Bertz CT molecular complexity index is 143. The molecule has 1 aliphatic rings. The highest BCUT2D eigenvalue weighted by Crippen LogP contribution is 2.03. The van der Waals surface area contributed by atoms with Gasteiger partial charge in [-0.15, -0.1) is 0 Å². The van der Waals surface area contributed by atoms with Crippen molar-refractivity contribution in [1.82, 2.24) is 5.32 Å². The van der Waals surface area contributed by atoms with Crippen LogP contribution in [-0.2, 0) is 9.53 Å². The van der Waals surface area contributed by atoms with Gasteiger partial charge >= 0.3 is 5.97 Å². The Balaban J connectivity index is 2.23. The minimum atomic E-state index is -0.808. The van der Waals surface area contributed by atoms with Gasteiger partial charge in [-0.25, -0.2) is 0 Å². The molecule has 0 radical (unpaired) electrons. The third kappa shape index (κ3) is 2.48. The molecule has 0 aromatic heterocycles. The molecule has 0 amide bonds. The van der Waals surface area contributed by atoms with E-state index >= 15 is 0 Å². The van der Waals surface area contributed by atoms with Gasteiger partial charge < -0.3 is 9.84 Å². The van der Waals surface area contributed by atoms with Crippen molar-refractivity contribution < 1.29 is 14.6 Å². The van der Waals surface area contributed by atoms with Crippen molar-refractivity contribution in [3.63, 3.8) is 0 Å². The van der Waals surface area contributed by atoms with Crippen LogP contribution in [0.5, 0.6) is 0 Å². The maximum atomic E-state index is 10.4. The normalized spacial score (nSPS) is 26.8. The Morgan fingerprint density at radius 3 is 3.00 bits per heavy atom. The minimum Gasteiger partial charge on any atom is -0.480 e. The summed E-state index contributed by atoms with van der Waals surface area (Å²) in [5, 5.41) is 11.5. The van der Waals surface area contributed by atoms with Crippen LogP contribution < -0.4 is 5.32 Å². The van der Waals surface area contributed by atoms with E-state index in [2.05, 4.69) is 5.32 Å². The molecular formula is C7H13NO3. The van der Waals surface area contributed by atoms with Gasteiger partial charge in [0.1, 0.15) is 6.04 Å². The molecule has 1 fully saturated rings. The number of hydrogen-bond acceptors (Lipinski definition) is 3. The predicted octanol–water partition coefficient (Wildman–Crippen LogP) is -0.162. The van der Waals surface area contributed by atoms with Crippen LogP contribution in [0.15, 0.2) is 0 Å². The van der Waals surface area contributed by atoms with E-state index in [0.717, 1.165) is 13.0 Å². The molecule has 11 heavy (non-hydrogen) atoms. The standard InChI is InChI=1S/C7H13NO3/c1-5(7(9)10)8-6-2-3-11-4-6/h5-6,8H,2-4H2,1H3,(H,9,10)/t5-,6-/m0/s1. The van der Waals surface area contributed by atoms with E-state index in [9.17, 15) is 4.79 Å². The molecule has 0 aromatic rings. The van der Waals surface area contributed by atoms with Crippen LogP contribution in [0.2, 0.25) is 0 Å². The molecular weight excluding hydrogens is 146 g/mol. The largest absolute Gasteiger partial charge is 0.480 e. The van der Waals surface area contributed by atoms with E-state index in [4.69, 9.17) is 9.84 Å². The number of carboxylic acid groups (broad SMARTS) is 1. The lowest BCUT2D eigenvalue weighted by Gasteiger charge is -2.13. The van der Waals surface area contributed by atoms with Gasteiger partial charge in [0, 0.05) is 12.6 Å². The summed E-state index contributed by atoms with van der Waals surface area (Å²) in [6.07, 6.45) is 0.914. The van der Waals surface area contributed by atoms with Crippen molar-refractivity contribution >= 4 is 5.97 Å². The van der Waals surface area contributed by atoms with Gasteiger partial charge in [-0.3, -0.25) is 10.1 Å². The average molecular weight is 159 g/mol. The van der Waals surface area contributed by atoms with Gasteiger partial charge in [-0.2, -0.15) is 0 Å². The lowest BCUT2D eigenvalue weighted by Crippen LogP contribution is -2.41. The van der Waals surface area contributed by atoms with E-state index in [1.54, 1.807) is 6.92 Å². The number of carbonyl (C=O) groups is 1. The number of nitrogens with one attached hydrogen (secondary N) is 1. The molecule has 1 aliphatic heterocycles. The minimum absolute atomic E-state index is 0.223. The summed E-state index contributed by atoms with van der Waals surface area (Å²) < 4.78 is 5.08. The molecule has 1 heterocycles. The first-order valence-corrected chi connectivity index (χ1v) is 3.76. The molecule has 4 heteroatoms. The second kappa shape index (κ2) is 3.69. The monoisotopic (exact) mass is 159 g/mol. The Hall–Kier alpha value is -0.610. The summed E-state index contributed by atoms with van der Waals surface area (Å²) in [5.41, 5.74) is 0. The number of hydrogen-bond donors (Lipinski definition) is 2. The van der Waals surface area contributed by atoms with Crippen LogP contribution >= 0.6 is 0 Å². The number of aliphatic carboxylic acids is 1. The van der Waals surface area contributed by atoms with Gasteiger partial charge in [0.25, 0.3) is 0 Å². The van der Waals surface area contributed by atoms with Gasteiger partial charge in [-0.05, 0) is 13.3 Å². The quantitative estimate of drug-likeness (QED) is 0.600. The SMILES string of the molecule is C[C@H](N[C@H]1CCOC1)C(=O)O. The molecule has 1 saturated heterocycles. The first kappa shape index (κ1) is 8.49. The van der Waals surface area contributed by atoms with Crippen LogP contribution in [0.4, 0.5) is 0 Å². The maximum absolute atomic E-state index is 10.4. The predicted molar refractivity (Wildman–Crippen MR) is 39.5 cm³/mol. The first-order chi connectivity index (χ1) is 5.20. The van der Waals surface area contributed by atoms with Crippen molar-refractivity contribution in [1.29, 1.82) is 0 Å². The van der Waals surface area contributed by atoms with Gasteiger partial charge in [0.15, 0.2) is 0 Å². The highest BCUT2D eigenvalue weighted by atomic mass is 16.5. The molecule has 0 bridgehead atoms. The summed E-state index contributed by atoms with van der Waals surface area (Å²) in [5.74, 6) is -0.808. The number of carboxylic acids is 1. The Kier molecular flexibility index (Phi) is 2.84. The molecule has 0 saturated carbocycles. The molecule has 0 aliphatic carbocycles. The molecule has 0 aromatic carbocycles. The van der Waals surface area contributed by atoms with Gasteiger partial charge in [0.05, 0.1) is 6.61 Å². The van der Waals surface area contributed by atoms with E-state index in [1.165, 1.54) is 0 Å². The Labute approximate surface area is 65.5 Å². The first-order valence-electron chi connectivity index (χ1n) is 3.76. The summed E-state index contributed by atoms with van der Waals surface area (Å²) in [6.45, 7) is 3.02. The van der Waals surface area contributed by atoms with Crippen molar-refractivity contribution in [2.45, 2.75) is 25.4 Å². The maximum Gasteiger partial charge on any atom is 0.320 e. The number of rotatable bonds is 3. The molecule has 4 nitrogen and oxygen atoms in total. The van der Waals surface area contributed by atoms with Crippen LogP contribution in [0.1, 0.15) is 13.3 Å². The van der Waals surface area contributed by atoms with Crippen LogP contribution in [0.25, 0.3) is 0 Å². The fourth-order valence-electron chi connectivity index (χ4n) is 1.09. The fraction of sp³-hybridized carbons (Fsp3) is 0.857. The van der Waals surface area contributed by atoms with Crippen molar-refractivity contribution in [3.05, 3.63) is 0 Å². The molecule has 2 N–H and O–H groups in total. The summed E-state index contributed by atoms with van der Waals surface area (Å²) in [4.78, 5) is 10.4. The van der Waals surface area contributed by atoms with Crippen molar-refractivity contribution in [2.24, 2.45) is 0 Å². The molecule has 0 unspecified atom stereocenters. The molecule has 1 rings (SSSR count). The van der Waals surface area contributed by atoms with Crippen molar-refractivity contribution in [2.75, 3.05) is 13.2 Å². The zero-order valence-corrected chi connectivity index (χ0v) is 6.54. The second-order valence-electron chi connectivity index (χ2n) is 2.79. The van der Waals surface area contributed by atoms with Gasteiger partial charge in [0.2, 0.25) is 0 Å². The van der Waals surface area contributed by atoms with Crippen molar-refractivity contribution in [3.8, 4) is 0 Å². The van der Waals surface area contributed by atoms with Gasteiger partial charge in [-0.1, -0.05) is 0 Å². The molecule has 0 spiro atoms. The lowest BCUT2D eigenvalue weighted by molar-refractivity contribution is -0.139. The van der Waals surface area contributed by atoms with E-state index < -0.39 is 12.0 Å². The summed E-state index contributed by atoms with van der Waals surface area (Å²) in [7, 11) is 0. The van der Waals surface area contributed by atoms with E-state index in [0.29, 0.717) is 6.61 Å². The fourth-order valence-corrected chi connectivity index (χ4v) is 1.09. The highest BCUT2D eigenvalue weighted by Gasteiger charge is 2.20. The summed E-state index contributed by atoms with van der Waals surface area (Å²) >= 11 is 0. The van der Waals surface area contributed by atoms with Crippen LogP contribution in [0, 0.1) is 0 Å². The highest BCUT2D eigenvalue weighted by molar-refractivity contribution is 5.72. The van der Waals surface area contributed by atoms with Crippen LogP contribution in [0.3, 0.4) is 0 Å².